The fourth-order valence-corrected chi connectivity index (χ4v) is 4.05. The van der Waals surface area contributed by atoms with Gasteiger partial charge in [-0.2, -0.15) is 5.10 Å². The molecule has 1 N–H and O–H groups in total. The first-order valence-corrected chi connectivity index (χ1v) is 12.4. The quantitative estimate of drug-likeness (QED) is 0.308. The molecule has 1 unspecified atom stereocenters. The molecule has 1 aromatic heterocycles. The third kappa shape index (κ3) is 7.37. The molecule has 0 saturated heterocycles. The number of rotatable bonds is 14. The van der Waals surface area contributed by atoms with Crippen molar-refractivity contribution in [3.63, 3.8) is 0 Å². The van der Waals surface area contributed by atoms with Crippen LogP contribution in [0.15, 0.2) is 54.6 Å². The Kier molecular flexibility index (Phi) is 10.3. The molecule has 0 spiro atoms. The molecule has 1 heterocycles. The second-order valence-corrected chi connectivity index (χ2v) is 9.13. The van der Waals surface area contributed by atoms with Crippen molar-refractivity contribution in [3.05, 3.63) is 71.7 Å². The molecule has 35 heavy (non-hydrogen) atoms. The standard InChI is InChI=1S/C28H38FN3O3/c1-5-6-14-23(33)19-31(17-18-34-4)20-24-27(21(2)3)30-32(22-12-8-7-9-13-22)28(24)35-26-16-11-10-15-25(26)29/h7-13,15-16,21,23,33H,5-6,14,17-20H2,1-4H3. The molecular weight excluding hydrogens is 445 g/mol. The van der Waals surface area contributed by atoms with E-state index in [1.54, 1.807) is 30.0 Å². The maximum atomic E-state index is 14.6. The van der Waals surface area contributed by atoms with Crippen LogP contribution < -0.4 is 4.74 Å². The van der Waals surface area contributed by atoms with Gasteiger partial charge in [0.05, 0.1) is 29.7 Å². The van der Waals surface area contributed by atoms with Crippen molar-refractivity contribution >= 4 is 0 Å². The molecule has 190 valence electrons. The number of para-hydroxylation sites is 2. The van der Waals surface area contributed by atoms with E-state index in [9.17, 15) is 9.50 Å². The number of hydrogen-bond acceptors (Lipinski definition) is 5. The molecule has 3 rings (SSSR count). The Hall–Kier alpha value is -2.74. The van der Waals surface area contributed by atoms with Crippen LogP contribution in [0.25, 0.3) is 5.69 Å². The smallest absolute Gasteiger partial charge is 0.227 e. The highest BCUT2D eigenvalue weighted by Crippen LogP contribution is 2.35. The molecule has 3 aromatic rings. The van der Waals surface area contributed by atoms with Crippen LogP contribution in [0.5, 0.6) is 11.6 Å². The molecule has 0 saturated carbocycles. The summed E-state index contributed by atoms with van der Waals surface area (Å²) >= 11 is 0. The van der Waals surface area contributed by atoms with Crippen LogP contribution in [0.2, 0.25) is 0 Å². The van der Waals surface area contributed by atoms with Crippen LogP contribution in [-0.4, -0.2) is 52.7 Å². The lowest BCUT2D eigenvalue weighted by atomic mass is 10.0. The first-order chi connectivity index (χ1) is 16.9. The van der Waals surface area contributed by atoms with Crippen molar-refractivity contribution < 1.29 is 19.0 Å². The van der Waals surface area contributed by atoms with Gasteiger partial charge in [0.25, 0.3) is 0 Å². The van der Waals surface area contributed by atoms with Gasteiger partial charge in [0, 0.05) is 26.7 Å². The van der Waals surface area contributed by atoms with E-state index in [-0.39, 0.29) is 11.7 Å². The Morgan fingerprint density at radius 2 is 1.80 bits per heavy atom. The fraction of sp³-hybridized carbons (Fsp3) is 0.464. The molecule has 1 atom stereocenters. The van der Waals surface area contributed by atoms with Gasteiger partial charge in [-0.25, -0.2) is 9.07 Å². The van der Waals surface area contributed by atoms with Gasteiger partial charge < -0.3 is 14.6 Å². The SMILES string of the molecule is CCCCC(O)CN(CCOC)Cc1c(C(C)C)nn(-c2ccccc2)c1Oc1ccccc1F. The van der Waals surface area contributed by atoms with E-state index >= 15 is 0 Å². The molecule has 0 aliphatic rings. The molecule has 0 amide bonds. The summed E-state index contributed by atoms with van der Waals surface area (Å²) in [4.78, 5) is 2.16. The average molecular weight is 484 g/mol. The zero-order valence-electron chi connectivity index (χ0n) is 21.3. The summed E-state index contributed by atoms with van der Waals surface area (Å²) in [5.74, 6) is 0.312. The molecular formula is C28H38FN3O3. The van der Waals surface area contributed by atoms with Crippen LogP contribution in [0, 0.1) is 5.82 Å². The summed E-state index contributed by atoms with van der Waals surface area (Å²) in [6.45, 7) is 8.48. The number of halogens is 1. The second kappa shape index (κ2) is 13.4. The maximum absolute atomic E-state index is 14.6. The number of ether oxygens (including phenoxy) is 2. The van der Waals surface area contributed by atoms with Crippen LogP contribution in [-0.2, 0) is 11.3 Å². The van der Waals surface area contributed by atoms with Gasteiger partial charge in [-0.1, -0.05) is 63.9 Å². The lowest BCUT2D eigenvalue weighted by molar-refractivity contribution is 0.0786. The highest BCUT2D eigenvalue weighted by Gasteiger charge is 2.26. The van der Waals surface area contributed by atoms with E-state index in [2.05, 4.69) is 25.7 Å². The first kappa shape index (κ1) is 26.9. The molecule has 0 fully saturated rings. The number of hydrogen-bond donors (Lipinski definition) is 1. The van der Waals surface area contributed by atoms with Crippen molar-refractivity contribution in [1.29, 1.82) is 0 Å². The van der Waals surface area contributed by atoms with Crippen LogP contribution in [0.4, 0.5) is 4.39 Å². The Labute approximate surface area is 208 Å². The maximum Gasteiger partial charge on any atom is 0.227 e. The summed E-state index contributed by atoms with van der Waals surface area (Å²) in [5.41, 5.74) is 2.59. The van der Waals surface area contributed by atoms with E-state index in [0.29, 0.717) is 32.1 Å². The van der Waals surface area contributed by atoms with E-state index < -0.39 is 11.9 Å². The molecule has 0 bridgehead atoms. The van der Waals surface area contributed by atoms with Crippen LogP contribution in [0.3, 0.4) is 0 Å². The van der Waals surface area contributed by atoms with Crippen molar-refractivity contribution in [3.8, 4) is 17.3 Å². The molecule has 0 radical (unpaired) electrons. The Morgan fingerprint density at radius 1 is 1.09 bits per heavy atom. The molecule has 0 aliphatic heterocycles. The molecule has 0 aliphatic carbocycles. The van der Waals surface area contributed by atoms with Crippen LogP contribution >= 0.6 is 0 Å². The van der Waals surface area contributed by atoms with Gasteiger partial charge in [0.15, 0.2) is 11.6 Å². The summed E-state index contributed by atoms with van der Waals surface area (Å²) in [6.07, 6.45) is 2.33. The predicted molar refractivity (Wildman–Crippen MR) is 137 cm³/mol. The van der Waals surface area contributed by atoms with Crippen LogP contribution in [0.1, 0.15) is 57.2 Å². The number of methoxy groups -OCH3 is 1. The third-order valence-electron chi connectivity index (χ3n) is 5.91. The van der Waals surface area contributed by atoms with Crippen molar-refractivity contribution in [2.45, 2.75) is 58.6 Å². The lowest BCUT2D eigenvalue weighted by Crippen LogP contribution is -2.34. The van der Waals surface area contributed by atoms with Crippen molar-refractivity contribution in [2.75, 3.05) is 26.8 Å². The van der Waals surface area contributed by atoms with Gasteiger partial charge in [-0.05, 0) is 36.6 Å². The van der Waals surface area contributed by atoms with Crippen molar-refractivity contribution in [2.24, 2.45) is 0 Å². The largest absolute Gasteiger partial charge is 0.435 e. The van der Waals surface area contributed by atoms with Gasteiger partial charge in [0.1, 0.15) is 0 Å². The Balaban J connectivity index is 2.05. The summed E-state index contributed by atoms with van der Waals surface area (Å²) in [6, 6.07) is 16.1. The van der Waals surface area contributed by atoms with Gasteiger partial charge in [-0.15, -0.1) is 0 Å². The highest BCUT2D eigenvalue weighted by molar-refractivity contribution is 5.44. The molecule has 2 aromatic carbocycles. The zero-order valence-corrected chi connectivity index (χ0v) is 21.3. The summed E-state index contributed by atoms with van der Waals surface area (Å²) in [5, 5.41) is 15.6. The normalized spacial score (nSPS) is 12.5. The fourth-order valence-electron chi connectivity index (χ4n) is 4.05. The van der Waals surface area contributed by atoms with Crippen molar-refractivity contribution in [1.82, 2.24) is 14.7 Å². The molecule has 7 heteroatoms. The Bertz CT molecular complexity index is 1040. The zero-order chi connectivity index (χ0) is 25.2. The topological polar surface area (TPSA) is 59.8 Å². The number of nitrogens with zero attached hydrogens (tertiary/aromatic N) is 3. The van der Waals surface area contributed by atoms with Gasteiger partial charge in [-0.3, -0.25) is 4.90 Å². The van der Waals surface area contributed by atoms with E-state index in [0.717, 1.165) is 36.2 Å². The third-order valence-corrected chi connectivity index (χ3v) is 5.91. The number of aliphatic hydroxyl groups excluding tert-OH is 1. The average Bonchev–Trinajstić information content (AvgIpc) is 3.21. The summed E-state index contributed by atoms with van der Waals surface area (Å²) in [7, 11) is 1.67. The highest BCUT2D eigenvalue weighted by atomic mass is 19.1. The summed E-state index contributed by atoms with van der Waals surface area (Å²) < 4.78 is 27.9. The number of aliphatic hydroxyl groups is 1. The lowest BCUT2D eigenvalue weighted by Gasteiger charge is -2.25. The monoisotopic (exact) mass is 483 g/mol. The minimum atomic E-state index is -0.436. The number of aromatic nitrogens is 2. The second-order valence-electron chi connectivity index (χ2n) is 9.13. The van der Waals surface area contributed by atoms with E-state index in [4.69, 9.17) is 14.6 Å². The first-order valence-electron chi connectivity index (χ1n) is 12.4. The number of benzene rings is 2. The minimum absolute atomic E-state index is 0.118. The minimum Gasteiger partial charge on any atom is -0.435 e. The Morgan fingerprint density at radius 3 is 2.46 bits per heavy atom. The van der Waals surface area contributed by atoms with E-state index in [1.165, 1.54) is 6.07 Å². The molecule has 6 nitrogen and oxygen atoms in total. The number of unbranched alkanes of at least 4 members (excludes halogenated alkanes) is 1. The van der Waals surface area contributed by atoms with Gasteiger partial charge in [0.2, 0.25) is 5.88 Å². The van der Waals surface area contributed by atoms with E-state index in [1.807, 2.05) is 30.3 Å². The van der Waals surface area contributed by atoms with Gasteiger partial charge >= 0.3 is 0 Å². The predicted octanol–water partition coefficient (Wildman–Crippen LogP) is 5.93.